The van der Waals surface area contributed by atoms with Gasteiger partial charge in [-0.1, -0.05) is 65.7 Å². The zero-order chi connectivity index (χ0) is 23.0. The van der Waals surface area contributed by atoms with Crippen molar-refractivity contribution in [3.63, 3.8) is 0 Å². The summed E-state index contributed by atoms with van der Waals surface area (Å²) in [4.78, 5) is 27.8. The first-order chi connectivity index (χ1) is 15.3. The number of ketones is 1. The zero-order valence-electron chi connectivity index (χ0n) is 17.3. The van der Waals surface area contributed by atoms with Gasteiger partial charge in [0.15, 0.2) is 0 Å². The minimum absolute atomic E-state index is 0.0701. The molecule has 1 heterocycles. The molecule has 0 spiro atoms. The van der Waals surface area contributed by atoms with Crippen LogP contribution in [0, 0.1) is 6.92 Å². The molecule has 1 aliphatic heterocycles. The Morgan fingerprint density at radius 3 is 2.38 bits per heavy atom. The zero-order valence-corrected chi connectivity index (χ0v) is 18.8. The fourth-order valence-corrected chi connectivity index (χ4v) is 4.49. The third-order valence-corrected chi connectivity index (χ3v) is 5.81. The molecule has 32 heavy (non-hydrogen) atoms. The predicted molar refractivity (Wildman–Crippen MR) is 125 cm³/mol. The lowest BCUT2D eigenvalue weighted by atomic mass is 9.95. The first kappa shape index (κ1) is 21.9. The molecule has 0 aliphatic carbocycles. The van der Waals surface area contributed by atoms with Crippen LogP contribution >= 0.6 is 23.2 Å². The molecule has 0 saturated carbocycles. The number of halogens is 2. The first-order valence-corrected chi connectivity index (χ1v) is 10.5. The fourth-order valence-electron chi connectivity index (χ4n) is 3.92. The van der Waals surface area contributed by atoms with Crippen LogP contribution in [-0.2, 0) is 9.59 Å². The molecule has 0 aromatic heterocycles. The Hall–Kier alpha value is -3.28. The van der Waals surface area contributed by atoms with Gasteiger partial charge in [-0.05, 0) is 42.3 Å². The number of nitrogens with zero attached hydrogens (tertiary/aromatic N) is 1. The maximum absolute atomic E-state index is 13.2. The van der Waals surface area contributed by atoms with E-state index in [1.54, 1.807) is 18.2 Å². The SMILES string of the molecule is COc1c(Cl)cc(Cl)cc1/C(O)=C1\C(=O)C(=O)N(c2cccc(C)c2)C1c1ccccc1. The molecule has 5 nitrogen and oxygen atoms in total. The maximum Gasteiger partial charge on any atom is 0.300 e. The van der Waals surface area contributed by atoms with Crippen LogP contribution in [-0.4, -0.2) is 23.9 Å². The second-order valence-electron chi connectivity index (χ2n) is 7.39. The topological polar surface area (TPSA) is 66.8 Å². The molecule has 0 bridgehead atoms. The summed E-state index contributed by atoms with van der Waals surface area (Å²) < 4.78 is 5.35. The van der Waals surface area contributed by atoms with Gasteiger partial charge in [0.05, 0.1) is 29.3 Å². The van der Waals surface area contributed by atoms with E-state index in [1.807, 2.05) is 43.3 Å². The summed E-state index contributed by atoms with van der Waals surface area (Å²) in [5.74, 6) is -1.80. The molecule has 1 amide bonds. The normalized spacial score (nSPS) is 17.6. The van der Waals surface area contributed by atoms with E-state index in [0.29, 0.717) is 11.3 Å². The van der Waals surface area contributed by atoms with Crippen molar-refractivity contribution < 1.29 is 19.4 Å². The van der Waals surface area contributed by atoms with E-state index in [0.717, 1.165) is 5.56 Å². The van der Waals surface area contributed by atoms with Crippen LogP contribution in [0.1, 0.15) is 22.7 Å². The number of hydrogen-bond acceptors (Lipinski definition) is 4. The highest BCUT2D eigenvalue weighted by Crippen LogP contribution is 2.44. The van der Waals surface area contributed by atoms with Crippen molar-refractivity contribution >= 4 is 46.3 Å². The van der Waals surface area contributed by atoms with Gasteiger partial charge in [-0.2, -0.15) is 0 Å². The third-order valence-electron chi connectivity index (χ3n) is 5.31. The average molecular weight is 468 g/mol. The van der Waals surface area contributed by atoms with Gasteiger partial charge in [-0.15, -0.1) is 0 Å². The predicted octanol–water partition coefficient (Wildman–Crippen LogP) is 5.94. The molecule has 1 unspecified atom stereocenters. The summed E-state index contributed by atoms with van der Waals surface area (Å²) in [6.07, 6.45) is 0. The molecule has 7 heteroatoms. The molecule has 4 rings (SSSR count). The van der Waals surface area contributed by atoms with Crippen LogP contribution in [0.2, 0.25) is 10.0 Å². The highest BCUT2D eigenvalue weighted by Gasteiger charge is 2.47. The Balaban J connectivity index is 2.01. The number of aliphatic hydroxyl groups excluding tert-OH is 1. The number of carbonyl (C=O) groups is 2. The number of ether oxygens (including phenoxy) is 1. The third kappa shape index (κ3) is 3.74. The van der Waals surface area contributed by atoms with Crippen molar-refractivity contribution in [1.29, 1.82) is 0 Å². The molecule has 1 N–H and O–H groups in total. The van der Waals surface area contributed by atoms with Crippen LogP contribution < -0.4 is 9.64 Å². The van der Waals surface area contributed by atoms with E-state index in [1.165, 1.54) is 24.1 Å². The van der Waals surface area contributed by atoms with Crippen molar-refractivity contribution in [2.24, 2.45) is 0 Å². The Kier molecular flexibility index (Phi) is 5.96. The van der Waals surface area contributed by atoms with E-state index in [2.05, 4.69) is 0 Å². The summed E-state index contributed by atoms with van der Waals surface area (Å²) in [5, 5.41) is 11.7. The van der Waals surface area contributed by atoms with Crippen molar-refractivity contribution in [1.82, 2.24) is 0 Å². The van der Waals surface area contributed by atoms with Crippen molar-refractivity contribution in [3.05, 3.63) is 99.0 Å². The molecule has 0 radical (unpaired) electrons. The molecular formula is C25H19Cl2NO4. The van der Waals surface area contributed by atoms with E-state index in [-0.39, 0.29) is 26.9 Å². The van der Waals surface area contributed by atoms with Gasteiger partial charge in [0.2, 0.25) is 0 Å². The second-order valence-corrected chi connectivity index (χ2v) is 8.23. The summed E-state index contributed by atoms with van der Waals surface area (Å²) in [6.45, 7) is 1.90. The summed E-state index contributed by atoms with van der Waals surface area (Å²) in [6, 6.07) is 18.4. The molecule has 1 fully saturated rings. The molecule has 1 atom stereocenters. The minimum atomic E-state index is -0.847. The van der Waals surface area contributed by atoms with Gasteiger partial charge < -0.3 is 9.84 Å². The van der Waals surface area contributed by atoms with Crippen LogP contribution in [0.3, 0.4) is 0 Å². The quantitative estimate of drug-likeness (QED) is 0.293. The molecule has 1 saturated heterocycles. The first-order valence-electron chi connectivity index (χ1n) is 9.79. The van der Waals surface area contributed by atoms with E-state index in [9.17, 15) is 14.7 Å². The molecule has 3 aromatic carbocycles. The number of hydrogen-bond donors (Lipinski definition) is 1. The summed E-state index contributed by atoms with van der Waals surface area (Å²) in [7, 11) is 1.39. The summed E-state index contributed by atoms with van der Waals surface area (Å²) >= 11 is 12.4. The van der Waals surface area contributed by atoms with Crippen molar-refractivity contribution in [3.8, 4) is 5.75 Å². The number of Topliss-reactive ketones (excluding diaryl/α,β-unsaturated/α-hetero) is 1. The van der Waals surface area contributed by atoms with Crippen molar-refractivity contribution in [2.75, 3.05) is 12.0 Å². The second kappa shape index (κ2) is 8.69. The van der Waals surface area contributed by atoms with Gasteiger partial charge in [0.25, 0.3) is 11.7 Å². The maximum atomic E-state index is 13.2. The fraction of sp³-hybridized carbons (Fsp3) is 0.120. The number of aryl methyl sites for hydroxylation is 1. The number of rotatable bonds is 4. The lowest BCUT2D eigenvalue weighted by Crippen LogP contribution is -2.29. The monoisotopic (exact) mass is 467 g/mol. The van der Waals surface area contributed by atoms with Gasteiger partial charge >= 0.3 is 0 Å². The molecular weight excluding hydrogens is 449 g/mol. The van der Waals surface area contributed by atoms with Crippen molar-refractivity contribution in [2.45, 2.75) is 13.0 Å². The highest BCUT2D eigenvalue weighted by atomic mass is 35.5. The van der Waals surface area contributed by atoms with E-state index < -0.39 is 23.5 Å². The molecule has 162 valence electrons. The van der Waals surface area contributed by atoms with Crippen LogP contribution in [0.25, 0.3) is 5.76 Å². The molecule has 3 aromatic rings. The smallest absolute Gasteiger partial charge is 0.300 e. The van der Waals surface area contributed by atoms with Crippen LogP contribution in [0.15, 0.2) is 72.3 Å². The van der Waals surface area contributed by atoms with E-state index in [4.69, 9.17) is 27.9 Å². The number of amides is 1. The van der Waals surface area contributed by atoms with E-state index >= 15 is 0 Å². The highest BCUT2D eigenvalue weighted by molar-refractivity contribution is 6.52. The Bertz CT molecular complexity index is 1250. The summed E-state index contributed by atoms with van der Waals surface area (Å²) in [5.41, 5.74) is 2.21. The Morgan fingerprint density at radius 2 is 1.72 bits per heavy atom. The lowest BCUT2D eigenvalue weighted by Gasteiger charge is -2.26. The Morgan fingerprint density at radius 1 is 1.00 bits per heavy atom. The number of benzene rings is 3. The number of anilines is 1. The minimum Gasteiger partial charge on any atom is -0.507 e. The number of methoxy groups -OCH3 is 1. The Labute approximate surface area is 195 Å². The van der Waals surface area contributed by atoms with Gasteiger partial charge in [-0.3, -0.25) is 14.5 Å². The largest absolute Gasteiger partial charge is 0.507 e. The van der Waals surface area contributed by atoms with Crippen LogP contribution in [0.5, 0.6) is 5.75 Å². The standard InChI is InChI=1S/C25H19Cl2NO4/c1-14-7-6-10-17(11-14)28-21(15-8-4-3-5-9-15)20(23(30)25(28)31)22(29)18-12-16(26)13-19(27)24(18)32-2/h3-13,21,29H,1-2H3/b22-20+. The average Bonchev–Trinajstić information content (AvgIpc) is 3.04. The van der Waals surface area contributed by atoms with Gasteiger partial charge in [-0.25, -0.2) is 0 Å². The van der Waals surface area contributed by atoms with Crippen LogP contribution in [0.4, 0.5) is 5.69 Å². The lowest BCUT2D eigenvalue weighted by molar-refractivity contribution is -0.132. The van der Waals surface area contributed by atoms with Gasteiger partial charge in [0.1, 0.15) is 11.5 Å². The van der Waals surface area contributed by atoms with Gasteiger partial charge in [0, 0.05) is 10.7 Å². The number of carbonyl (C=O) groups excluding carboxylic acids is 2. The molecule has 1 aliphatic rings. The number of aliphatic hydroxyl groups is 1.